The Labute approximate surface area is 186 Å². The van der Waals surface area contributed by atoms with Gasteiger partial charge >= 0.3 is 0 Å². The molecule has 3 aromatic rings. The lowest BCUT2D eigenvalue weighted by atomic mass is 9.95. The van der Waals surface area contributed by atoms with Gasteiger partial charge in [0.25, 0.3) is 0 Å². The van der Waals surface area contributed by atoms with Gasteiger partial charge in [0.15, 0.2) is 11.5 Å². The summed E-state index contributed by atoms with van der Waals surface area (Å²) in [6, 6.07) is 13.1. The fraction of sp³-hybridized carbons (Fsp3) is 0.227. The van der Waals surface area contributed by atoms with Crippen molar-refractivity contribution in [3.8, 4) is 23.0 Å². The van der Waals surface area contributed by atoms with Crippen molar-refractivity contribution >= 4 is 33.0 Å². The van der Waals surface area contributed by atoms with E-state index in [4.69, 9.17) is 19.3 Å². The maximum Gasteiger partial charge on any atom is 0.223 e. The third-order valence-electron chi connectivity index (χ3n) is 5.35. The Balaban J connectivity index is 1.63. The lowest BCUT2D eigenvalue weighted by Crippen LogP contribution is -2.33. The van der Waals surface area contributed by atoms with Gasteiger partial charge in [0.05, 0.1) is 30.9 Å². The van der Waals surface area contributed by atoms with E-state index >= 15 is 0 Å². The number of methoxy groups -OCH3 is 2. The first-order valence-corrected chi connectivity index (χ1v) is 11.1. The third kappa shape index (κ3) is 3.11. The molecular weight excluding hydrogens is 468 g/mol. The summed E-state index contributed by atoms with van der Waals surface area (Å²) in [5.41, 5.74) is 2.47. The molecule has 6 nitrogen and oxygen atoms in total. The molecule has 8 heteroatoms. The van der Waals surface area contributed by atoms with E-state index in [1.165, 1.54) is 0 Å². The van der Waals surface area contributed by atoms with Crippen molar-refractivity contribution in [1.82, 2.24) is 5.01 Å². The highest BCUT2D eigenvalue weighted by molar-refractivity contribution is 9.10. The number of hydrogen-bond acceptors (Lipinski definition) is 7. The maximum atomic E-state index is 10.5. The Kier molecular flexibility index (Phi) is 4.83. The van der Waals surface area contributed by atoms with Crippen molar-refractivity contribution < 1.29 is 19.3 Å². The summed E-state index contributed by atoms with van der Waals surface area (Å²) in [5, 5.41) is 19.4. The normalized spacial score (nSPS) is 19.6. The first-order valence-electron chi connectivity index (χ1n) is 9.39. The highest BCUT2D eigenvalue weighted by atomic mass is 79.9. The number of ether oxygens (including phenoxy) is 3. The van der Waals surface area contributed by atoms with Crippen LogP contribution in [0.3, 0.4) is 0 Å². The van der Waals surface area contributed by atoms with Crippen molar-refractivity contribution in [2.45, 2.75) is 18.7 Å². The van der Waals surface area contributed by atoms with Crippen LogP contribution in [-0.4, -0.2) is 30.0 Å². The van der Waals surface area contributed by atoms with Crippen molar-refractivity contribution in [3.05, 3.63) is 68.3 Å². The van der Waals surface area contributed by atoms with Gasteiger partial charge in [-0.3, -0.25) is 0 Å². The SMILES string of the molecule is COc1ccc(O)c(C2=NN3[C@H](C2)c2cccc(OC)c2O[C@@H]3c2cc(Br)cs2)c1. The van der Waals surface area contributed by atoms with Crippen LogP contribution in [0.5, 0.6) is 23.0 Å². The molecule has 2 aliphatic heterocycles. The van der Waals surface area contributed by atoms with E-state index in [0.717, 1.165) is 26.4 Å². The molecule has 0 amide bonds. The van der Waals surface area contributed by atoms with E-state index in [-0.39, 0.29) is 18.0 Å². The van der Waals surface area contributed by atoms with E-state index in [2.05, 4.69) is 15.9 Å². The Morgan fingerprint density at radius 3 is 2.80 bits per heavy atom. The number of rotatable bonds is 4. The molecule has 3 heterocycles. The second-order valence-electron chi connectivity index (χ2n) is 7.05. The number of hydrazone groups is 1. The molecule has 0 aliphatic carbocycles. The summed E-state index contributed by atoms with van der Waals surface area (Å²) in [7, 11) is 3.25. The quantitative estimate of drug-likeness (QED) is 0.529. The third-order valence-corrected chi connectivity index (χ3v) is 7.07. The monoisotopic (exact) mass is 486 g/mol. The molecule has 0 unspecified atom stereocenters. The molecule has 1 N–H and O–H groups in total. The zero-order valence-electron chi connectivity index (χ0n) is 16.3. The summed E-state index contributed by atoms with van der Waals surface area (Å²) in [5.74, 6) is 2.29. The first-order chi connectivity index (χ1) is 14.6. The lowest BCUT2D eigenvalue weighted by Gasteiger charge is -2.38. The summed E-state index contributed by atoms with van der Waals surface area (Å²) in [4.78, 5) is 1.03. The fourth-order valence-corrected chi connectivity index (χ4v) is 5.39. The van der Waals surface area contributed by atoms with Gasteiger partial charge in [0, 0.05) is 27.4 Å². The number of hydrogen-bond donors (Lipinski definition) is 1. The van der Waals surface area contributed by atoms with Gasteiger partial charge in [-0.15, -0.1) is 11.3 Å². The van der Waals surface area contributed by atoms with Crippen molar-refractivity contribution in [3.63, 3.8) is 0 Å². The first kappa shape index (κ1) is 19.3. The molecule has 30 heavy (non-hydrogen) atoms. The number of phenolic OH excluding ortho intramolecular Hbond substituents is 1. The minimum absolute atomic E-state index is 0.0321. The number of aromatic hydroxyl groups is 1. The molecule has 0 radical (unpaired) electrons. The van der Waals surface area contributed by atoms with Gasteiger partial charge in [-0.05, 0) is 46.3 Å². The van der Waals surface area contributed by atoms with Crippen LogP contribution < -0.4 is 14.2 Å². The highest BCUT2D eigenvalue weighted by Crippen LogP contribution is 2.51. The molecule has 0 spiro atoms. The average Bonchev–Trinajstić information content (AvgIpc) is 3.40. The molecule has 0 bridgehead atoms. The van der Waals surface area contributed by atoms with Crippen LogP contribution in [0.4, 0.5) is 0 Å². The van der Waals surface area contributed by atoms with E-state index < -0.39 is 0 Å². The van der Waals surface area contributed by atoms with E-state index in [1.54, 1.807) is 37.7 Å². The second kappa shape index (κ2) is 7.52. The number of fused-ring (bicyclic) bond motifs is 3. The Bertz CT molecular complexity index is 1150. The van der Waals surface area contributed by atoms with Crippen LogP contribution in [0.1, 0.15) is 34.7 Å². The summed E-state index contributed by atoms with van der Waals surface area (Å²) >= 11 is 5.14. The minimum Gasteiger partial charge on any atom is -0.507 e. The molecule has 154 valence electrons. The van der Waals surface area contributed by atoms with Crippen LogP contribution in [0.2, 0.25) is 0 Å². The van der Waals surface area contributed by atoms with Gasteiger partial charge in [-0.1, -0.05) is 12.1 Å². The zero-order chi connectivity index (χ0) is 20.8. The zero-order valence-corrected chi connectivity index (χ0v) is 18.7. The van der Waals surface area contributed by atoms with Crippen LogP contribution in [0, 0.1) is 0 Å². The molecule has 0 saturated carbocycles. The minimum atomic E-state index is -0.389. The van der Waals surface area contributed by atoms with Crippen LogP contribution in [-0.2, 0) is 0 Å². The van der Waals surface area contributed by atoms with E-state index in [1.807, 2.05) is 40.7 Å². The van der Waals surface area contributed by atoms with Gasteiger partial charge in [-0.2, -0.15) is 5.10 Å². The number of nitrogens with zero attached hydrogens (tertiary/aromatic N) is 2. The molecule has 2 aromatic carbocycles. The van der Waals surface area contributed by atoms with E-state index in [9.17, 15) is 5.11 Å². The fourth-order valence-electron chi connectivity index (χ4n) is 3.93. The average molecular weight is 487 g/mol. The Morgan fingerprint density at radius 2 is 2.07 bits per heavy atom. The smallest absolute Gasteiger partial charge is 0.223 e. The topological polar surface area (TPSA) is 63.5 Å². The predicted octanol–water partition coefficient (Wildman–Crippen LogP) is 5.48. The Hall–Kier alpha value is -2.71. The molecule has 1 aromatic heterocycles. The molecule has 2 aliphatic rings. The van der Waals surface area contributed by atoms with Gasteiger partial charge in [0.2, 0.25) is 6.23 Å². The predicted molar refractivity (Wildman–Crippen MR) is 119 cm³/mol. The molecule has 2 atom stereocenters. The molecule has 0 fully saturated rings. The van der Waals surface area contributed by atoms with Crippen LogP contribution >= 0.6 is 27.3 Å². The number of phenols is 1. The molecular formula is C22H19BrN2O4S. The second-order valence-corrected chi connectivity index (χ2v) is 8.90. The number of benzene rings is 2. The highest BCUT2D eigenvalue weighted by Gasteiger charge is 2.43. The number of halogens is 1. The summed E-state index contributed by atoms with van der Waals surface area (Å²) in [6.07, 6.45) is 0.244. The molecule has 5 rings (SSSR count). The number of para-hydroxylation sites is 1. The van der Waals surface area contributed by atoms with E-state index in [0.29, 0.717) is 23.5 Å². The van der Waals surface area contributed by atoms with Crippen LogP contribution in [0.25, 0.3) is 0 Å². The number of thiophene rings is 1. The van der Waals surface area contributed by atoms with Crippen molar-refractivity contribution in [2.24, 2.45) is 5.10 Å². The molecule has 0 saturated heterocycles. The van der Waals surface area contributed by atoms with Crippen molar-refractivity contribution in [1.29, 1.82) is 0 Å². The van der Waals surface area contributed by atoms with Gasteiger partial charge in [-0.25, -0.2) is 5.01 Å². The standard InChI is InChI=1S/C22H19BrN2O4S/c1-27-13-6-7-18(26)15(9-13)16-10-17-14-4-3-5-19(28-2)21(14)29-22(25(17)24-16)20-8-12(23)11-30-20/h3-9,11,17,22,26H,10H2,1-2H3/t17-,22-/m1/s1. The van der Waals surface area contributed by atoms with Crippen LogP contribution in [0.15, 0.2) is 57.4 Å². The van der Waals surface area contributed by atoms with Gasteiger partial charge < -0.3 is 19.3 Å². The summed E-state index contributed by atoms with van der Waals surface area (Å²) < 4.78 is 18.3. The van der Waals surface area contributed by atoms with Crippen molar-refractivity contribution in [2.75, 3.05) is 14.2 Å². The summed E-state index contributed by atoms with van der Waals surface area (Å²) in [6.45, 7) is 0. The maximum absolute atomic E-state index is 10.5. The Morgan fingerprint density at radius 1 is 1.20 bits per heavy atom. The van der Waals surface area contributed by atoms with Gasteiger partial charge in [0.1, 0.15) is 11.5 Å². The lowest BCUT2D eigenvalue weighted by molar-refractivity contribution is -0.0185. The largest absolute Gasteiger partial charge is 0.507 e.